The molecule has 0 aromatic heterocycles. The Morgan fingerprint density at radius 1 is 1.16 bits per heavy atom. The molecule has 2 aliphatic carbocycles. The molecule has 2 bridgehead atoms. The first-order valence-electron chi connectivity index (χ1n) is 7.11. The van der Waals surface area contributed by atoms with E-state index in [1.165, 1.54) is 18.6 Å². The molecule has 0 amide bonds. The van der Waals surface area contributed by atoms with Gasteiger partial charge in [0.05, 0.1) is 11.4 Å². The molecule has 0 radical (unpaired) electrons. The number of hydrazone groups is 1. The average Bonchev–Trinajstić information content (AvgIpc) is 2.55. The molecule has 0 saturated heterocycles. The number of fused-ring (bicyclic) bond motifs is 2. The molecular formula is C17H22N2. The molecular weight excluding hydrogens is 232 g/mol. The molecule has 1 aromatic carbocycles. The molecule has 2 unspecified atom stereocenters. The van der Waals surface area contributed by atoms with Gasteiger partial charge in [-0.2, -0.15) is 5.10 Å². The molecule has 2 heteroatoms. The van der Waals surface area contributed by atoms with E-state index in [9.17, 15) is 0 Å². The fourth-order valence-corrected chi connectivity index (χ4v) is 3.52. The first-order valence-corrected chi connectivity index (χ1v) is 7.11. The highest BCUT2D eigenvalue weighted by atomic mass is 15.3. The van der Waals surface area contributed by atoms with Crippen molar-refractivity contribution in [1.29, 1.82) is 0 Å². The van der Waals surface area contributed by atoms with Gasteiger partial charge in [0.15, 0.2) is 0 Å². The molecule has 2 atom stereocenters. The molecule has 3 rings (SSSR count). The summed E-state index contributed by atoms with van der Waals surface area (Å²) in [4.78, 5) is 0. The van der Waals surface area contributed by atoms with Gasteiger partial charge in [-0.25, -0.2) is 0 Å². The summed E-state index contributed by atoms with van der Waals surface area (Å²) in [7, 11) is 0. The maximum atomic E-state index is 4.68. The van der Waals surface area contributed by atoms with Crippen molar-refractivity contribution in [1.82, 2.24) is 0 Å². The Bertz CT molecular complexity index is 527. The van der Waals surface area contributed by atoms with E-state index in [0.717, 1.165) is 5.69 Å². The zero-order valence-corrected chi connectivity index (χ0v) is 12.0. The maximum Gasteiger partial charge on any atom is 0.0668 e. The van der Waals surface area contributed by atoms with Crippen LogP contribution in [0.1, 0.15) is 33.6 Å². The predicted octanol–water partition coefficient (Wildman–Crippen LogP) is 4.47. The van der Waals surface area contributed by atoms with Gasteiger partial charge in [0.2, 0.25) is 0 Å². The van der Waals surface area contributed by atoms with Crippen LogP contribution in [-0.2, 0) is 0 Å². The van der Waals surface area contributed by atoms with Crippen LogP contribution < -0.4 is 5.43 Å². The Hall–Kier alpha value is -1.57. The summed E-state index contributed by atoms with van der Waals surface area (Å²) < 4.78 is 0. The minimum absolute atomic E-state index is 0.189. The number of nitrogens with zero attached hydrogens (tertiary/aromatic N) is 1. The number of hydrogen-bond donors (Lipinski definition) is 1. The van der Waals surface area contributed by atoms with E-state index in [4.69, 9.17) is 0 Å². The zero-order valence-electron chi connectivity index (χ0n) is 12.0. The molecule has 1 aromatic rings. The minimum atomic E-state index is 0.189. The summed E-state index contributed by atoms with van der Waals surface area (Å²) in [6, 6.07) is 10.2. The minimum Gasteiger partial charge on any atom is -0.278 e. The van der Waals surface area contributed by atoms with Crippen molar-refractivity contribution in [2.24, 2.45) is 21.8 Å². The Labute approximate surface area is 115 Å². The summed E-state index contributed by atoms with van der Waals surface area (Å²) >= 11 is 0. The van der Waals surface area contributed by atoms with Crippen LogP contribution in [-0.4, -0.2) is 5.71 Å². The summed E-state index contributed by atoms with van der Waals surface area (Å²) in [5.74, 6) is 0.702. The largest absolute Gasteiger partial charge is 0.278 e. The molecule has 2 nitrogen and oxygen atoms in total. The molecule has 1 saturated carbocycles. The number of para-hydroxylation sites is 1. The van der Waals surface area contributed by atoms with Crippen molar-refractivity contribution in [2.75, 3.05) is 5.43 Å². The first-order chi connectivity index (χ1) is 9.04. The third kappa shape index (κ3) is 1.81. The fourth-order valence-electron chi connectivity index (χ4n) is 3.52. The van der Waals surface area contributed by atoms with Crippen molar-refractivity contribution in [3.63, 3.8) is 0 Å². The lowest BCUT2D eigenvalue weighted by Crippen LogP contribution is -2.42. The molecule has 2 aliphatic rings. The number of allylic oxidation sites excluding steroid dienone is 2. The quantitative estimate of drug-likeness (QED) is 0.774. The second-order valence-electron chi connectivity index (χ2n) is 6.53. The Morgan fingerprint density at radius 2 is 1.89 bits per heavy atom. The lowest BCUT2D eigenvalue weighted by molar-refractivity contribution is 0.174. The predicted molar refractivity (Wildman–Crippen MR) is 81.3 cm³/mol. The van der Waals surface area contributed by atoms with Gasteiger partial charge in [0.1, 0.15) is 0 Å². The van der Waals surface area contributed by atoms with Crippen molar-refractivity contribution < 1.29 is 0 Å². The second kappa shape index (κ2) is 4.22. The topological polar surface area (TPSA) is 24.4 Å². The van der Waals surface area contributed by atoms with Crippen LogP contribution in [0, 0.1) is 16.7 Å². The van der Waals surface area contributed by atoms with Crippen LogP contribution in [0.5, 0.6) is 0 Å². The maximum absolute atomic E-state index is 4.68. The number of anilines is 1. The van der Waals surface area contributed by atoms with Crippen molar-refractivity contribution >= 4 is 11.4 Å². The average molecular weight is 254 g/mol. The van der Waals surface area contributed by atoms with E-state index in [1.54, 1.807) is 0 Å². The summed E-state index contributed by atoms with van der Waals surface area (Å²) in [6.45, 7) is 7.13. The van der Waals surface area contributed by atoms with Crippen LogP contribution in [0.2, 0.25) is 0 Å². The molecule has 0 heterocycles. The summed E-state index contributed by atoms with van der Waals surface area (Å²) in [5.41, 5.74) is 5.93. The van der Waals surface area contributed by atoms with Gasteiger partial charge in [0.25, 0.3) is 0 Å². The van der Waals surface area contributed by atoms with Gasteiger partial charge in [0, 0.05) is 5.41 Å². The molecule has 19 heavy (non-hydrogen) atoms. The third-order valence-electron chi connectivity index (χ3n) is 5.44. The Morgan fingerprint density at radius 3 is 2.63 bits per heavy atom. The number of rotatable bonds is 2. The second-order valence-corrected chi connectivity index (χ2v) is 6.53. The standard InChI is InChI=1S/C17H22N2/c1-16(2)13-9-10-15(17(16,3)12-11-13)19-18-14-7-5-4-6-8-14/h4-10,13,18H,11-12H2,1-3H3. The van der Waals surface area contributed by atoms with Crippen molar-refractivity contribution in [3.8, 4) is 0 Å². The Balaban J connectivity index is 1.89. The molecule has 1 N–H and O–H groups in total. The van der Waals surface area contributed by atoms with E-state index in [0.29, 0.717) is 11.3 Å². The highest BCUT2D eigenvalue weighted by Gasteiger charge is 2.54. The lowest BCUT2D eigenvalue weighted by atomic mass is 9.61. The first kappa shape index (κ1) is 12.5. The highest BCUT2D eigenvalue weighted by Crippen LogP contribution is 2.59. The van der Waals surface area contributed by atoms with Crippen LogP contribution in [0.25, 0.3) is 0 Å². The number of benzene rings is 1. The van der Waals surface area contributed by atoms with E-state index in [-0.39, 0.29) is 5.41 Å². The van der Waals surface area contributed by atoms with Gasteiger partial charge >= 0.3 is 0 Å². The van der Waals surface area contributed by atoms with Crippen molar-refractivity contribution in [3.05, 3.63) is 42.5 Å². The van der Waals surface area contributed by atoms with E-state index < -0.39 is 0 Å². The van der Waals surface area contributed by atoms with E-state index in [1.807, 2.05) is 30.3 Å². The normalized spacial score (nSPS) is 33.6. The zero-order chi connectivity index (χ0) is 13.5. The number of hydrogen-bond acceptors (Lipinski definition) is 2. The lowest BCUT2D eigenvalue weighted by Gasteiger charge is -2.43. The van der Waals surface area contributed by atoms with Crippen LogP contribution >= 0.6 is 0 Å². The molecule has 100 valence electrons. The van der Waals surface area contributed by atoms with E-state index >= 15 is 0 Å². The molecule has 0 spiro atoms. The van der Waals surface area contributed by atoms with Gasteiger partial charge in [-0.3, -0.25) is 5.43 Å². The fraction of sp³-hybridized carbons (Fsp3) is 0.471. The van der Waals surface area contributed by atoms with Crippen LogP contribution in [0.3, 0.4) is 0 Å². The molecule has 1 fully saturated rings. The van der Waals surface area contributed by atoms with Gasteiger partial charge in [-0.15, -0.1) is 0 Å². The van der Waals surface area contributed by atoms with E-state index in [2.05, 4.69) is 43.5 Å². The molecule has 0 aliphatic heterocycles. The van der Waals surface area contributed by atoms with Gasteiger partial charge in [-0.1, -0.05) is 45.0 Å². The third-order valence-corrected chi connectivity index (χ3v) is 5.44. The van der Waals surface area contributed by atoms with Gasteiger partial charge < -0.3 is 0 Å². The summed E-state index contributed by atoms with van der Waals surface area (Å²) in [6.07, 6.45) is 7.08. The van der Waals surface area contributed by atoms with Crippen molar-refractivity contribution in [2.45, 2.75) is 33.6 Å². The SMILES string of the molecule is CC12CCC(C=CC1=NNc1ccccc1)C2(C)C. The smallest absolute Gasteiger partial charge is 0.0668 e. The van der Waals surface area contributed by atoms with Crippen LogP contribution in [0.15, 0.2) is 47.6 Å². The number of nitrogens with one attached hydrogen (secondary N) is 1. The highest BCUT2D eigenvalue weighted by molar-refractivity contribution is 6.01. The monoisotopic (exact) mass is 254 g/mol. The Kier molecular flexibility index (Phi) is 2.77. The van der Waals surface area contributed by atoms with Gasteiger partial charge in [-0.05, 0) is 42.4 Å². The van der Waals surface area contributed by atoms with Crippen LogP contribution in [0.4, 0.5) is 5.69 Å². The summed E-state index contributed by atoms with van der Waals surface area (Å²) in [5, 5.41) is 4.68.